The molecule has 0 N–H and O–H groups in total. The monoisotopic (exact) mass is 480 g/mol. The number of nitrogens with zero attached hydrogens (tertiary/aromatic N) is 4. The van der Waals surface area contributed by atoms with Crippen LogP contribution in [0, 0.1) is 5.82 Å². The van der Waals surface area contributed by atoms with Gasteiger partial charge in [-0.05, 0) is 34.9 Å². The zero-order chi connectivity index (χ0) is 24.0. The molecule has 10 heteroatoms. The van der Waals surface area contributed by atoms with E-state index in [4.69, 9.17) is 4.52 Å². The van der Waals surface area contributed by atoms with Crippen LogP contribution < -0.4 is 0 Å². The maximum absolute atomic E-state index is 14.6. The second-order valence-corrected chi connectivity index (χ2v) is 10.4. The van der Waals surface area contributed by atoms with Crippen LogP contribution in [0.25, 0.3) is 11.3 Å². The molecule has 1 amide bonds. The van der Waals surface area contributed by atoms with Crippen molar-refractivity contribution >= 4 is 15.7 Å². The first-order valence-electron chi connectivity index (χ1n) is 10.5. The predicted octanol–water partition coefficient (Wildman–Crippen LogP) is 3.41. The number of sulfone groups is 1. The zero-order valence-corrected chi connectivity index (χ0v) is 19.3. The highest BCUT2D eigenvalue weighted by Gasteiger charge is 2.31. The number of hydrogen-bond acceptors (Lipinski definition) is 6. The van der Waals surface area contributed by atoms with E-state index in [9.17, 15) is 17.6 Å². The van der Waals surface area contributed by atoms with Gasteiger partial charge in [0.15, 0.2) is 21.3 Å². The van der Waals surface area contributed by atoms with Crippen molar-refractivity contribution < 1.29 is 22.1 Å². The Morgan fingerprint density at radius 3 is 2.68 bits per heavy atom. The van der Waals surface area contributed by atoms with Crippen LogP contribution in [0.1, 0.15) is 33.1 Å². The molecule has 1 aliphatic heterocycles. The first kappa shape index (κ1) is 22.0. The summed E-state index contributed by atoms with van der Waals surface area (Å²) >= 11 is 0. The number of carbonyl (C=O) groups excluding carboxylic acids is 1. The molecule has 0 saturated heterocycles. The molecule has 0 fully saturated rings. The average Bonchev–Trinajstić information content (AvgIpc) is 3.46. The number of aromatic nitrogens is 3. The highest BCUT2D eigenvalue weighted by molar-refractivity contribution is 7.90. The molecule has 2 aromatic heterocycles. The van der Waals surface area contributed by atoms with Crippen LogP contribution in [-0.4, -0.2) is 47.0 Å². The van der Waals surface area contributed by atoms with Gasteiger partial charge < -0.3 is 9.42 Å². The Kier molecular flexibility index (Phi) is 5.32. The van der Waals surface area contributed by atoms with Crippen LogP contribution in [0.15, 0.2) is 70.3 Å². The van der Waals surface area contributed by atoms with Gasteiger partial charge in [-0.25, -0.2) is 12.8 Å². The van der Waals surface area contributed by atoms with Gasteiger partial charge in [0.25, 0.3) is 5.91 Å². The molecule has 1 aliphatic rings. The summed E-state index contributed by atoms with van der Waals surface area (Å²) in [5, 5.41) is 8.14. The summed E-state index contributed by atoms with van der Waals surface area (Å²) in [7, 11) is -1.70. The van der Waals surface area contributed by atoms with E-state index in [1.807, 2.05) is 31.4 Å². The van der Waals surface area contributed by atoms with Crippen LogP contribution >= 0.6 is 0 Å². The topological polar surface area (TPSA) is 98.3 Å². The predicted molar refractivity (Wildman–Crippen MR) is 121 cm³/mol. The van der Waals surface area contributed by atoms with Crippen LogP contribution in [0.5, 0.6) is 0 Å². The maximum Gasteiger partial charge on any atom is 0.276 e. The van der Waals surface area contributed by atoms with Crippen molar-refractivity contribution in [1.82, 2.24) is 19.8 Å². The van der Waals surface area contributed by atoms with E-state index in [0.717, 1.165) is 29.0 Å². The highest BCUT2D eigenvalue weighted by atomic mass is 32.2. The molecular weight excluding hydrogens is 459 g/mol. The highest BCUT2D eigenvalue weighted by Crippen LogP contribution is 2.34. The smallest absolute Gasteiger partial charge is 0.276 e. The number of fused-ring (bicyclic) bond motifs is 1. The molecule has 3 heterocycles. The minimum absolute atomic E-state index is 0.0242. The van der Waals surface area contributed by atoms with Gasteiger partial charge in [0.2, 0.25) is 0 Å². The van der Waals surface area contributed by atoms with Crippen molar-refractivity contribution in [1.29, 1.82) is 0 Å². The van der Waals surface area contributed by atoms with Gasteiger partial charge in [0.05, 0.1) is 16.7 Å². The normalized spacial score (nSPS) is 15.9. The Morgan fingerprint density at radius 1 is 1.18 bits per heavy atom. The molecule has 1 unspecified atom stereocenters. The van der Waals surface area contributed by atoms with Gasteiger partial charge in [-0.1, -0.05) is 29.4 Å². The minimum Gasteiger partial charge on any atom is -0.355 e. The van der Waals surface area contributed by atoms with Crippen LogP contribution in [0.2, 0.25) is 0 Å². The summed E-state index contributed by atoms with van der Waals surface area (Å²) in [6.45, 7) is 0.840. The van der Waals surface area contributed by atoms with Gasteiger partial charge >= 0.3 is 0 Å². The quantitative estimate of drug-likeness (QED) is 0.444. The molecule has 174 valence electrons. The first-order valence-corrected chi connectivity index (χ1v) is 12.4. The van der Waals surface area contributed by atoms with E-state index < -0.39 is 15.7 Å². The Labute approximate surface area is 195 Å². The number of amides is 1. The molecule has 4 aromatic rings. The van der Waals surface area contributed by atoms with E-state index in [1.165, 1.54) is 18.2 Å². The van der Waals surface area contributed by atoms with Crippen molar-refractivity contribution in [2.24, 2.45) is 7.05 Å². The number of hydrogen-bond donors (Lipinski definition) is 0. The van der Waals surface area contributed by atoms with Crippen LogP contribution in [-0.2, 0) is 23.4 Å². The van der Waals surface area contributed by atoms with Gasteiger partial charge in [-0.3, -0.25) is 9.48 Å². The first-order chi connectivity index (χ1) is 16.2. The number of rotatable bonds is 4. The summed E-state index contributed by atoms with van der Waals surface area (Å²) in [6, 6.07) is 12.9. The van der Waals surface area contributed by atoms with Crippen molar-refractivity contribution in [2.45, 2.75) is 17.4 Å². The lowest BCUT2D eigenvalue weighted by molar-refractivity contribution is 0.0714. The summed E-state index contributed by atoms with van der Waals surface area (Å²) < 4.78 is 44.9. The molecule has 0 spiro atoms. The maximum atomic E-state index is 14.6. The Morgan fingerprint density at radius 2 is 1.97 bits per heavy atom. The van der Waals surface area contributed by atoms with Gasteiger partial charge in [-0.15, -0.1) is 0 Å². The number of halogens is 1. The lowest BCUT2D eigenvalue weighted by atomic mass is 9.86. The van der Waals surface area contributed by atoms with E-state index in [0.29, 0.717) is 13.1 Å². The van der Waals surface area contributed by atoms with E-state index in [-0.39, 0.29) is 33.7 Å². The summed E-state index contributed by atoms with van der Waals surface area (Å²) in [5.74, 6) is -1.12. The number of benzene rings is 2. The lowest BCUT2D eigenvalue weighted by Crippen LogP contribution is -2.38. The van der Waals surface area contributed by atoms with Crippen molar-refractivity contribution in [3.8, 4) is 11.3 Å². The fourth-order valence-corrected chi connectivity index (χ4v) is 4.89. The molecule has 2 aromatic carbocycles. The SMILES string of the molecule is Cn1cc(C2CN(C(=O)c3cc(-c4ccc(S(C)(=O)=O)cc4F)on3)Cc3ccccc32)cn1. The Bertz CT molecular complexity index is 1510. The fraction of sp³-hybridized carbons (Fsp3) is 0.208. The molecule has 34 heavy (non-hydrogen) atoms. The molecule has 5 rings (SSSR count). The molecule has 0 saturated carbocycles. The third-order valence-corrected chi connectivity index (χ3v) is 7.08. The summed E-state index contributed by atoms with van der Waals surface area (Å²) in [4.78, 5) is 14.9. The van der Waals surface area contributed by atoms with Crippen molar-refractivity contribution in [2.75, 3.05) is 12.8 Å². The van der Waals surface area contributed by atoms with Gasteiger partial charge in [0, 0.05) is 44.6 Å². The molecule has 0 radical (unpaired) electrons. The molecule has 0 bridgehead atoms. The molecule has 8 nitrogen and oxygen atoms in total. The standard InChI is InChI=1S/C24H21FN4O4S/c1-28-12-16(11-26-28)20-14-29(13-15-5-3-4-6-18(15)20)24(30)22-10-23(33-27-22)19-8-7-17(9-21(19)25)34(2,31)32/h3-12,20H,13-14H2,1-2H3. The Hall–Kier alpha value is -3.79. The van der Waals surface area contributed by atoms with Crippen molar-refractivity contribution in [3.05, 3.63) is 89.1 Å². The second kappa shape index (κ2) is 8.21. The van der Waals surface area contributed by atoms with Gasteiger partial charge in [0.1, 0.15) is 5.82 Å². The van der Waals surface area contributed by atoms with Crippen LogP contribution in [0.3, 0.4) is 0 Å². The third-order valence-electron chi connectivity index (χ3n) is 5.97. The molecular formula is C24H21FN4O4S. The second-order valence-electron chi connectivity index (χ2n) is 8.37. The molecule has 1 atom stereocenters. The number of carbonyl (C=O) groups is 1. The van der Waals surface area contributed by atoms with E-state index >= 15 is 0 Å². The minimum atomic E-state index is -3.55. The summed E-state index contributed by atoms with van der Waals surface area (Å²) in [6.07, 6.45) is 4.74. The molecule has 0 aliphatic carbocycles. The van der Waals surface area contributed by atoms with Crippen LogP contribution in [0.4, 0.5) is 4.39 Å². The Balaban J connectivity index is 1.44. The fourth-order valence-electron chi connectivity index (χ4n) is 4.26. The zero-order valence-electron chi connectivity index (χ0n) is 18.5. The van der Waals surface area contributed by atoms with E-state index in [1.54, 1.807) is 15.8 Å². The van der Waals surface area contributed by atoms with E-state index in [2.05, 4.69) is 16.3 Å². The lowest BCUT2D eigenvalue weighted by Gasteiger charge is -2.34. The van der Waals surface area contributed by atoms with Gasteiger partial charge in [-0.2, -0.15) is 5.10 Å². The largest absolute Gasteiger partial charge is 0.355 e. The van der Waals surface area contributed by atoms with Crippen molar-refractivity contribution in [3.63, 3.8) is 0 Å². The third kappa shape index (κ3) is 4.01. The number of aryl methyl sites for hydroxylation is 1. The average molecular weight is 481 g/mol. The summed E-state index contributed by atoms with van der Waals surface area (Å²) in [5.41, 5.74) is 3.25.